The van der Waals surface area contributed by atoms with Crippen LogP contribution < -0.4 is 4.90 Å². The number of aryl methyl sites for hydroxylation is 1. The monoisotopic (exact) mass is 438 g/mol. The van der Waals surface area contributed by atoms with Crippen LogP contribution in [0, 0.1) is 12.7 Å². The number of esters is 1. The van der Waals surface area contributed by atoms with Crippen molar-refractivity contribution in [2.75, 3.05) is 11.5 Å². The molecule has 29 heavy (non-hydrogen) atoms. The molecule has 0 radical (unpaired) electrons. The lowest BCUT2D eigenvalue weighted by atomic mass is 10.2. The highest BCUT2D eigenvalue weighted by molar-refractivity contribution is 7.18. The number of hydrogen-bond donors (Lipinski definition) is 0. The number of nitrogens with zero attached hydrogens (tertiary/aromatic N) is 4. The molecule has 0 fully saturated rings. The number of benzene rings is 1. The Balaban J connectivity index is 2.03. The smallest absolute Gasteiger partial charge is 0.328 e. The van der Waals surface area contributed by atoms with Gasteiger partial charge in [0.15, 0.2) is 16.1 Å². The number of aromatic nitrogens is 3. The van der Waals surface area contributed by atoms with Crippen LogP contribution in [0.3, 0.4) is 0 Å². The van der Waals surface area contributed by atoms with Crippen LogP contribution in [0.25, 0.3) is 0 Å². The van der Waals surface area contributed by atoms with Crippen LogP contribution in [0.1, 0.15) is 35.2 Å². The Bertz CT molecular complexity index is 1040. The van der Waals surface area contributed by atoms with E-state index in [2.05, 4.69) is 15.1 Å². The molecule has 0 N–H and O–H groups in total. The molecule has 3 aromatic rings. The van der Waals surface area contributed by atoms with Crippen LogP contribution >= 0.6 is 22.9 Å². The normalized spacial score (nSPS) is 11.9. The molecule has 1 atom stereocenters. The Morgan fingerprint density at radius 2 is 2.00 bits per heavy atom. The van der Waals surface area contributed by atoms with Gasteiger partial charge in [-0.15, -0.1) is 0 Å². The maximum atomic E-state index is 13.4. The first kappa shape index (κ1) is 20.9. The number of rotatable bonds is 7. The quantitative estimate of drug-likeness (QED) is 0.404. The molecule has 2 heterocycles. The largest absolute Gasteiger partial charge is 0.464 e. The number of carbonyl (C=O) groups excluding carboxylic acids is 2. The van der Waals surface area contributed by atoms with Gasteiger partial charge in [0, 0.05) is 5.69 Å². The molecular weight excluding hydrogens is 423 g/mol. The Hall–Kier alpha value is -2.85. The van der Waals surface area contributed by atoms with E-state index in [1.54, 1.807) is 20.8 Å². The van der Waals surface area contributed by atoms with Crippen LogP contribution in [-0.4, -0.2) is 39.5 Å². The molecule has 1 aromatic carbocycles. The number of halogens is 2. The Kier molecular flexibility index (Phi) is 6.23. The minimum Gasteiger partial charge on any atom is -0.464 e. The fourth-order valence-electron chi connectivity index (χ4n) is 2.49. The van der Waals surface area contributed by atoms with Crippen molar-refractivity contribution in [1.29, 1.82) is 0 Å². The van der Waals surface area contributed by atoms with E-state index in [0.29, 0.717) is 11.5 Å². The first-order valence-corrected chi connectivity index (χ1v) is 9.74. The van der Waals surface area contributed by atoms with Gasteiger partial charge in [0.2, 0.25) is 0 Å². The molecule has 0 saturated heterocycles. The zero-order valence-electron chi connectivity index (χ0n) is 15.7. The predicted octanol–water partition coefficient (Wildman–Crippen LogP) is 3.95. The predicted molar refractivity (Wildman–Crippen MR) is 104 cm³/mol. The molecule has 3 rings (SSSR count). The molecule has 0 saturated carbocycles. The fourth-order valence-corrected chi connectivity index (χ4v) is 3.81. The summed E-state index contributed by atoms with van der Waals surface area (Å²) in [5.41, 5.74) is 0.477. The molecule has 2 aromatic heterocycles. The summed E-state index contributed by atoms with van der Waals surface area (Å²) in [5, 5.41) is 3.77. The van der Waals surface area contributed by atoms with Gasteiger partial charge in [-0.2, -0.15) is 4.98 Å². The van der Waals surface area contributed by atoms with Crippen molar-refractivity contribution in [3.05, 3.63) is 51.8 Å². The molecule has 0 aliphatic rings. The van der Waals surface area contributed by atoms with Crippen LogP contribution in [0.15, 0.2) is 28.8 Å². The molecule has 0 aliphatic heterocycles. The molecule has 11 heteroatoms. The Labute approximate surface area is 174 Å². The summed E-state index contributed by atoms with van der Waals surface area (Å²) in [6.45, 7) is 5.08. The van der Waals surface area contributed by atoms with Crippen molar-refractivity contribution in [1.82, 2.24) is 15.1 Å². The van der Waals surface area contributed by atoms with Gasteiger partial charge in [0.25, 0.3) is 11.7 Å². The molecule has 0 unspecified atom stereocenters. The zero-order valence-corrected chi connectivity index (χ0v) is 17.3. The maximum Gasteiger partial charge on any atom is 0.328 e. The standard InChI is InChI=1S/C18H16ClFN4O4S/c1-4-27-17(26)9(2)24(12-7-5-11(20)6-8-12)18-22-15(19)14(29-18)13(25)16-21-10(3)23-28-16/h5-9H,4H2,1-3H3/t9-/m0/s1. The highest BCUT2D eigenvalue weighted by Gasteiger charge is 2.30. The summed E-state index contributed by atoms with van der Waals surface area (Å²) in [6, 6.07) is 4.67. The second-order valence-electron chi connectivity index (χ2n) is 5.87. The fraction of sp³-hybridized carbons (Fsp3) is 0.278. The molecule has 0 amide bonds. The summed E-state index contributed by atoms with van der Waals surface area (Å²) in [7, 11) is 0. The Morgan fingerprint density at radius 3 is 2.59 bits per heavy atom. The van der Waals surface area contributed by atoms with Crippen molar-refractivity contribution < 1.29 is 23.2 Å². The van der Waals surface area contributed by atoms with E-state index in [0.717, 1.165) is 11.3 Å². The lowest BCUT2D eigenvalue weighted by Gasteiger charge is -2.27. The minimum atomic E-state index is -0.809. The number of carbonyl (C=O) groups is 2. The van der Waals surface area contributed by atoms with Gasteiger partial charge in [0.05, 0.1) is 6.61 Å². The average molecular weight is 439 g/mol. The zero-order chi connectivity index (χ0) is 21.1. The highest BCUT2D eigenvalue weighted by Crippen LogP contribution is 2.36. The summed E-state index contributed by atoms with van der Waals surface area (Å²) in [5.74, 6) is -1.44. The number of ketones is 1. The van der Waals surface area contributed by atoms with Crippen molar-refractivity contribution in [2.24, 2.45) is 0 Å². The van der Waals surface area contributed by atoms with E-state index in [4.69, 9.17) is 20.9 Å². The van der Waals surface area contributed by atoms with E-state index in [9.17, 15) is 14.0 Å². The van der Waals surface area contributed by atoms with Crippen molar-refractivity contribution >= 4 is 45.5 Å². The molecule has 0 spiro atoms. The van der Waals surface area contributed by atoms with Crippen molar-refractivity contribution in [3.63, 3.8) is 0 Å². The average Bonchev–Trinajstić information content (AvgIpc) is 3.29. The van der Waals surface area contributed by atoms with Crippen molar-refractivity contribution in [2.45, 2.75) is 26.8 Å². The third-order valence-electron chi connectivity index (χ3n) is 3.83. The number of anilines is 2. The summed E-state index contributed by atoms with van der Waals surface area (Å²) in [4.78, 5) is 34.7. The van der Waals surface area contributed by atoms with Gasteiger partial charge in [-0.3, -0.25) is 4.79 Å². The van der Waals surface area contributed by atoms with Crippen LogP contribution in [-0.2, 0) is 9.53 Å². The van der Waals surface area contributed by atoms with Gasteiger partial charge >= 0.3 is 5.97 Å². The second-order valence-corrected chi connectivity index (χ2v) is 7.20. The molecule has 8 nitrogen and oxygen atoms in total. The number of ether oxygens (including phenoxy) is 1. The van der Waals surface area contributed by atoms with Gasteiger partial charge in [-0.1, -0.05) is 28.1 Å². The maximum absolute atomic E-state index is 13.4. The second kappa shape index (κ2) is 8.66. The van der Waals surface area contributed by atoms with E-state index < -0.39 is 23.6 Å². The molecule has 0 aliphatic carbocycles. The third-order valence-corrected chi connectivity index (χ3v) is 5.27. The topological polar surface area (TPSA) is 98.4 Å². The van der Waals surface area contributed by atoms with Gasteiger partial charge in [0.1, 0.15) is 16.7 Å². The first-order valence-electron chi connectivity index (χ1n) is 8.54. The third kappa shape index (κ3) is 4.43. The molecule has 0 bridgehead atoms. The summed E-state index contributed by atoms with van der Waals surface area (Å²) >= 11 is 7.13. The lowest BCUT2D eigenvalue weighted by Crippen LogP contribution is -2.36. The van der Waals surface area contributed by atoms with E-state index in [1.165, 1.54) is 29.2 Å². The van der Waals surface area contributed by atoms with Crippen LogP contribution in [0.5, 0.6) is 0 Å². The van der Waals surface area contributed by atoms with Crippen molar-refractivity contribution in [3.8, 4) is 0 Å². The lowest BCUT2D eigenvalue weighted by molar-refractivity contribution is -0.144. The van der Waals surface area contributed by atoms with E-state index >= 15 is 0 Å². The molecular formula is C18H16ClFN4O4S. The van der Waals surface area contributed by atoms with Gasteiger partial charge < -0.3 is 14.2 Å². The highest BCUT2D eigenvalue weighted by atomic mass is 35.5. The summed E-state index contributed by atoms with van der Waals surface area (Å²) in [6.07, 6.45) is 0. The molecule has 152 valence electrons. The summed E-state index contributed by atoms with van der Waals surface area (Å²) < 4.78 is 23.4. The first-order chi connectivity index (χ1) is 13.8. The van der Waals surface area contributed by atoms with Gasteiger partial charge in [-0.05, 0) is 45.0 Å². The SMILES string of the molecule is CCOC(=O)[C@H](C)N(c1ccc(F)cc1)c1nc(Cl)c(C(=O)c2nc(C)no2)s1. The number of hydrogen-bond acceptors (Lipinski definition) is 9. The van der Waals surface area contributed by atoms with E-state index in [1.807, 2.05) is 0 Å². The van der Waals surface area contributed by atoms with Crippen LogP contribution in [0.4, 0.5) is 15.2 Å². The minimum absolute atomic E-state index is 0.0750. The number of thiazole rings is 1. The Morgan fingerprint density at radius 1 is 1.31 bits per heavy atom. The van der Waals surface area contributed by atoms with Crippen LogP contribution in [0.2, 0.25) is 5.15 Å². The van der Waals surface area contributed by atoms with E-state index in [-0.39, 0.29) is 27.7 Å². The van der Waals surface area contributed by atoms with Gasteiger partial charge in [-0.25, -0.2) is 14.2 Å².